The fraction of sp³-hybridized carbons (Fsp3) is 0.385. The van der Waals surface area contributed by atoms with Gasteiger partial charge in [0.15, 0.2) is 5.96 Å². The van der Waals surface area contributed by atoms with Crippen LogP contribution in [0, 0.1) is 0 Å². The summed E-state index contributed by atoms with van der Waals surface area (Å²) in [6.07, 6.45) is 6.22. The number of ether oxygens (including phenoxy) is 2. The molecule has 0 atom stereocenters. The Morgan fingerprint density at radius 1 is 1.12 bits per heavy atom. The van der Waals surface area contributed by atoms with Crippen LogP contribution in [0.2, 0.25) is 0 Å². The average Bonchev–Trinajstić information content (AvgIpc) is 3.33. The first-order valence-corrected chi connectivity index (χ1v) is 11.5. The summed E-state index contributed by atoms with van der Waals surface area (Å²) in [5.41, 5.74) is 4.57. The minimum atomic E-state index is 0.305. The van der Waals surface area contributed by atoms with Gasteiger partial charge >= 0.3 is 0 Å². The summed E-state index contributed by atoms with van der Waals surface area (Å²) < 4.78 is 13.4. The molecular weight excluding hydrogens is 414 g/mol. The molecule has 174 valence electrons. The Labute approximate surface area is 196 Å². The summed E-state index contributed by atoms with van der Waals surface area (Å²) in [5, 5.41) is 7.96. The van der Waals surface area contributed by atoms with E-state index in [1.54, 1.807) is 0 Å². The molecule has 0 spiro atoms. The lowest BCUT2D eigenvalue weighted by atomic mass is 10.1. The zero-order valence-electron chi connectivity index (χ0n) is 19.5. The van der Waals surface area contributed by atoms with Crippen molar-refractivity contribution < 1.29 is 9.47 Å². The van der Waals surface area contributed by atoms with Crippen LogP contribution in [0.1, 0.15) is 29.5 Å². The Bertz CT molecular complexity index is 1030. The van der Waals surface area contributed by atoms with E-state index in [4.69, 9.17) is 9.47 Å². The van der Waals surface area contributed by atoms with Crippen LogP contribution < -0.4 is 5.32 Å². The number of hydrogen-bond acceptors (Lipinski definition) is 4. The SMILES string of the molecule is CN=C(NCc1cccc(COC2CCOCC2)c1)N(C)Cc1cnn(-c2ccccc2)c1. The van der Waals surface area contributed by atoms with E-state index in [0.717, 1.165) is 43.3 Å². The Balaban J connectivity index is 1.28. The zero-order chi connectivity index (χ0) is 22.9. The average molecular weight is 448 g/mol. The second-order valence-electron chi connectivity index (χ2n) is 8.33. The van der Waals surface area contributed by atoms with E-state index >= 15 is 0 Å². The second kappa shape index (κ2) is 11.6. The van der Waals surface area contributed by atoms with Gasteiger partial charge < -0.3 is 19.7 Å². The highest BCUT2D eigenvalue weighted by Gasteiger charge is 2.14. The van der Waals surface area contributed by atoms with Crippen molar-refractivity contribution in [2.75, 3.05) is 27.3 Å². The Morgan fingerprint density at radius 2 is 1.91 bits per heavy atom. The quantitative estimate of drug-likeness (QED) is 0.421. The maximum atomic E-state index is 6.07. The van der Waals surface area contributed by atoms with Gasteiger partial charge in [0.2, 0.25) is 0 Å². The summed E-state index contributed by atoms with van der Waals surface area (Å²) in [7, 11) is 3.84. The third kappa shape index (κ3) is 6.66. The van der Waals surface area contributed by atoms with Crippen molar-refractivity contribution >= 4 is 5.96 Å². The molecule has 2 aromatic carbocycles. The number of benzene rings is 2. The van der Waals surface area contributed by atoms with Crippen LogP contribution in [0.5, 0.6) is 0 Å². The van der Waals surface area contributed by atoms with Crippen molar-refractivity contribution in [3.63, 3.8) is 0 Å². The Kier molecular flexibility index (Phi) is 8.11. The van der Waals surface area contributed by atoms with Crippen molar-refractivity contribution in [3.05, 3.63) is 83.7 Å². The van der Waals surface area contributed by atoms with Gasteiger partial charge in [-0.15, -0.1) is 0 Å². The first-order chi connectivity index (χ1) is 16.2. The van der Waals surface area contributed by atoms with Crippen LogP contribution in [-0.4, -0.2) is 54.1 Å². The lowest BCUT2D eigenvalue weighted by Gasteiger charge is -2.23. The molecule has 0 radical (unpaired) electrons. The minimum absolute atomic E-state index is 0.305. The molecule has 1 saturated heterocycles. The summed E-state index contributed by atoms with van der Waals surface area (Å²) in [5.74, 6) is 0.839. The molecule has 7 nitrogen and oxygen atoms in total. The summed E-state index contributed by atoms with van der Waals surface area (Å²) in [6.45, 7) is 3.65. The predicted octanol–water partition coefficient (Wildman–Crippen LogP) is 3.78. The standard InChI is InChI=1S/C26H33N5O2/c1-27-26(30(2)18-23-17-29-31(19-23)24-9-4-3-5-10-24)28-16-21-7-6-8-22(15-21)20-33-25-11-13-32-14-12-25/h3-10,15,17,19,25H,11-14,16,18,20H2,1-2H3,(H,27,28). The molecule has 2 heterocycles. The molecule has 0 saturated carbocycles. The van der Waals surface area contributed by atoms with Crippen LogP contribution in [0.4, 0.5) is 0 Å². The lowest BCUT2D eigenvalue weighted by molar-refractivity contribution is -0.0390. The van der Waals surface area contributed by atoms with Gasteiger partial charge in [-0.25, -0.2) is 4.68 Å². The van der Waals surface area contributed by atoms with Gasteiger partial charge in [0.25, 0.3) is 0 Å². The maximum absolute atomic E-state index is 6.07. The van der Waals surface area contributed by atoms with Gasteiger partial charge in [-0.1, -0.05) is 42.5 Å². The van der Waals surface area contributed by atoms with Gasteiger partial charge in [0.1, 0.15) is 0 Å². The van der Waals surface area contributed by atoms with Crippen molar-refractivity contribution in [1.82, 2.24) is 20.0 Å². The van der Waals surface area contributed by atoms with E-state index in [1.165, 1.54) is 11.1 Å². The summed E-state index contributed by atoms with van der Waals surface area (Å²) in [6, 6.07) is 18.7. The third-order valence-electron chi connectivity index (χ3n) is 5.75. The molecule has 0 unspecified atom stereocenters. The molecule has 0 bridgehead atoms. The molecule has 1 aliphatic rings. The minimum Gasteiger partial charge on any atom is -0.381 e. The smallest absolute Gasteiger partial charge is 0.193 e. The highest BCUT2D eigenvalue weighted by Crippen LogP contribution is 2.15. The van der Waals surface area contributed by atoms with Crippen molar-refractivity contribution in [1.29, 1.82) is 0 Å². The molecule has 1 fully saturated rings. The third-order valence-corrected chi connectivity index (χ3v) is 5.75. The van der Waals surface area contributed by atoms with Crippen LogP contribution in [0.25, 0.3) is 5.69 Å². The molecule has 0 amide bonds. The molecule has 4 rings (SSSR count). The van der Waals surface area contributed by atoms with Gasteiger partial charge in [-0.3, -0.25) is 4.99 Å². The highest BCUT2D eigenvalue weighted by molar-refractivity contribution is 5.79. The second-order valence-corrected chi connectivity index (χ2v) is 8.33. The number of hydrogen-bond donors (Lipinski definition) is 1. The Hall–Kier alpha value is -3.16. The van der Waals surface area contributed by atoms with E-state index in [1.807, 2.05) is 55.3 Å². The van der Waals surface area contributed by atoms with E-state index in [9.17, 15) is 0 Å². The number of nitrogens with zero attached hydrogens (tertiary/aromatic N) is 4. The van der Waals surface area contributed by atoms with E-state index in [2.05, 4.69) is 50.8 Å². The fourth-order valence-electron chi connectivity index (χ4n) is 3.96. The number of guanidine groups is 1. The normalized spacial score (nSPS) is 14.9. The topological polar surface area (TPSA) is 63.9 Å². The number of aromatic nitrogens is 2. The maximum Gasteiger partial charge on any atom is 0.193 e. The summed E-state index contributed by atoms with van der Waals surface area (Å²) in [4.78, 5) is 6.55. The van der Waals surface area contributed by atoms with Gasteiger partial charge in [-0.05, 0) is 36.1 Å². The molecule has 1 aromatic heterocycles. The molecule has 7 heteroatoms. The molecule has 1 N–H and O–H groups in total. The van der Waals surface area contributed by atoms with Crippen molar-refractivity contribution in [2.24, 2.45) is 4.99 Å². The largest absolute Gasteiger partial charge is 0.381 e. The zero-order valence-corrected chi connectivity index (χ0v) is 19.5. The number of nitrogens with one attached hydrogen (secondary N) is 1. The van der Waals surface area contributed by atoms with Crippen LogP contribution >= 0.6 is 0 Å². The fourth-order valence-corrected chi connectivity index (χ4v) is 3.96. The molecule has 0 aliphatic carbocycles. The number of rotatable bonds is 8. The molecule has 3 aromatic rings. The van der Waals surface area contributed by atoms with Gasteiger partial charge in [0.05, 0.1) is 24.6 Å². The van der Waals surface area contributed by atoms with E-state index in [0.29, 0.717) is 25.8 Å². The van der Waals surface area contributed by atoms with Crippen LogP contribution in [-0.2, 0) is 29.2 Å². The van der Waals surface area contributed by atoms with Crippen molar-refractivity contribution in [2.45, 2.75) is 38.6 Å². The van der Waals surface area contributed by atoms with Gasteiger partial charge in [0, 0.05) is 52.2 Å². The first-order valence-electron chi connectivity index (χ1n) is 11.5. The highest BCUT2D eigenvalue weighted by atomic mass is 16.5. The first kappa shape index (κ1) is 23.0. The monoisotopic (exact) mass is 447 g/mol. The lowest BCUT2D eigenvalue weighted by Crippen LogP contribution is -2.38. The van der Waals surface area contributed by atoms with Gasteiger partial charge in [-0.2, -0.15) is 5.10 Å². The predicted molar refractivity (Wildman–Crippen MR) is 130 cm³/mol. The molecular formula is C26H33N5O2. The summed E-state index contributed by atoms with van der Waals surface area (Å²) >= 11 is 0. The van der Waals surface area contributed by atoms with E-state index < -0.39 is 0 Å². The number of para-hydroxylation sites is 1. The Morgan fingerprint density at radius 3 is 2.70 bits per heavy atom. The van der Waals surface area contributed by atoms with Crippen LogP contribution in [0.15, 0.2) is 72.0 Å². The molecule has 1 aliphatic heterocycles. The van der Waals surface area contributed by atoms with E-state index in [-0.39, 0.29) is 0 Å². The molecule has 33 heavy (non-hydrogen) atoms. The van der Waals surface area contributed by atoms with Crippen LogP contribution in [0.3, 0.4) is 0 Å². The van der Waals surface area contributed by atoms with Crippen molar-refractivity contribution in [3.8, 4) is 5.69 Å². The number of aliphatic imine (C=N–C) groups is 1.